The zero-order chi connectivity index (χ0) is 10.7. The van der Waals surface area contributed by atoms with Gasteiger partial charge in [-0.1, -0.05) is 6.07 Å². The number of hydrogen-bond donors (Lipinski definition) is 2. The molecule has 0 amide bonds. The molecule has 4 nitrogen and oxygen atoms in total. The predicted molar refractivity (Wildman–Crippen MR) is 55.8 cm³/mol. The largest absolute Gasteiger partial charge is 0.478 e. The van der Waals surface area contributed by atoms with Gasteiger partial charge in [-0.3, -0.25) is 0 Å². The SMILES string of the molecule is Cc1c(NS(C)=O)cccc1C(=O)O. The van der Waals surface area contributed by atoms with Gasteiger partial charge in [-0.2, -0.15) is 0 Å². The lowest BCUT2D eigenvalue weighted by molar-refractivity contribution is 0.0696. The molecule has 76 valence electrons. The fraction of sp³-hybridized carbons (Fsp3) is 0.222. The molecule has 1 rings (SSSR count). The maximum absolute atomic E-state index is 10.9. The third-order valence-corrected chi connectivity index (χ3v) is 2.33. The highest BCUT2D eigenvalue weighted by Crippen LogP contribution is 2.18. The van der Waals surface area contributed by atoms with Crippen molar-refractivity contribution < 1.29 is 14.1 Å². The molecule has 1 aromatic carbocycles. The van der Waals surface area contributed by atoms with Crippen LogP contribution in [0.3, 0.4) is 0 Å². The van der Waals surface area contributed by atoms with Gasteiger partial charge in [0.15, 0.2) is 0 Å². The number of benzene rings is 1. The summed E-state index contributed by atoms with van der Waals surface area (Å²) in [5, 5.41) is 8.82. The molecule has 0 heterocycles. The lowest BCUT2D eigenvalue weighted by atomic mass is 10.1. The van der Waals surface area contributed by atoms with Gasteiger partial charge in [0.05, 0.1) is 5.56 Å². The smallest absolute Gasteiger partial charge is 0.336 e. The molecule has 14 heavy (non-hydrogen) atoms. The first kappa shape index (κ1) is 10.7. The summed E-state index contributed by atoms with van der Waals surface area (Å²) < 4.78 is 13.6. The van der Waals surface area contributed by atoms with Gasteiger partial charge >= 0.3 is 5.97 Å². The molecule has 0 saturated carbocycles. The predicted octanol–water partition coefficient (Wildman–Crippen LogP) is 1.40. The fourth-order valence-corrected chi connectivity index (χ4v) is 1.66. The molecule has 0 aliphatic heterocycles. The van der Waals surface area contributed by atoms with E-state index in [2.05, 4.69) is 4.72 Å². The maximum Gasteiger partial charge on any atom is 0.336 e. The van der Waals surface area contributed by atoms with Gasteiger partial charge in [-0.15, -0.1) is 0 Å². The summed E-state index contributed by atoms with van der Waals surface area (Å²) in [6.07, 6.45) is 1.49. The van der Waals surface area contributed by atoms with E-state index >= 15 is 0 Å². The molecular weight excluding hydrogens is 202 g/mol. The van der Waals surface area contributed by atoms with Crippen molar-refractivity contribution in [2.75, 3.05) is 11.0 Å². The van der Waals surface area contributed by atoms with Crippen LogP contribution in [0, 0.1) is 6.92 Å². The van der Waals surface area contributed by atoms with Crippen molar-refractivity contribution in [2.45, 2.75) is 6.92 Å². The van der Waals surface area contributed by atoms with Gasteiger partial charge in [0.2, 0.25) is 0 Å². The topological polar surface area (TPSA) is 66.4 Å². The van der Waals surface area contributed by atoms with Crippen molar-refractivity contribution in [2.24, 2.45) is 0 Å². The summed E-state index contributed by atoms with van der Waals surface area (Å²) in [6.45, 7) is 1.68. The number of anilines is 1. The van der Waals surface area contributed by atoms with E-state index in [9.17, 15) is 9.00 Å². The lowest BCUT2D eigenvalue weighted by Crippen LogP contribution is -2.06. The van der Waals surface area contributed by atoms with Crippen molar-refractivity contribution in [3.63, 3.8) is 0 Å². The first-order valence-corrected chi connectivity index (χ1v) is 5.51. The van der Waals surface area contributed by atoms with Crippen LogP contribution in [0.1, 0.15) is 15.9 Å². The lowest BCUT2D eigenvalue weighted by Gasteiger charge is -2.08. The highest BCUT2D eigenvalue weighted by atomic mass is 32.2. The van der Waals surface area contributed by atoms with E-state index < -0.39 is 17.0 Å². The summed E-state index contributed by atoms with van der Waals surface area (Å²) in [6, 6.07) is 4.83. The summed E-state index contributed by atoms with van der Waals surface area (Å²) in [5.41, 5.74) is 1.40. The van der Waals surface area contributed by atoms with Crippen LogP contribution in [0.2, 0.25) is 0 Å². The minimum Gasteiger partial charge on any atom is -0.478 e. The Kier molecular flexibility index (Phi) is 3.24. The molecule has 0 aliphatic rings. The zero-order valence-electron chi connectivity index (χ0n) is 7.90. The summed E-state index contributed by atoms with van der Waals surface area (Å²) in [4.78, 5) is 10.8. The third kappa shape index (κ3) is 2.32. The summed E-state index contributed by atoms with van der Waals surface area (Å²) >= 11 is 0. The monoisotopic (exact) mass is 213 g/mol. The van der Waals surface area contributed by atoms with Crippen LogP contribution in [0.15, 0.2) is 18.2 Å². The minimum atomic E-state index is -1.19. The van der Waals surface area contributed by atoms with Gasteiger partial charge < -0.3 is 9.83 Å². The Hall–Kier alpha value is -1.36. The normalized spacial score (nSPS) is 12.1. The highest BCUT2D eigenvalue weighted by Gasteiger charge is 2.09. The Balaban J connectivity index is 3.13. The van der Waals surface area contributed by atoms with Gasteiger partial charge in [0.1, 0.15) is 11.0 Å². The molecule has 1 aromatic rings. The van der Waals surface area contributed by atoms with Gasteiger partial charge in [0.25, 0.3) is 0 Å². The van der Waals surface area contributed by atoms with Gasteiger partial charge in [0, 0.05) is 11.9 Å². The van der Waals surface area contributed by atoms with E-state index in [1.54, 1.807) is 19.1 Å². The third-order valence-electron chi connectivity index (χ3n) is 1.82. The molecule has 1 atom stereocenters. The highest BCUT2D eigenvalue weighted by molar-refractivity contribution is 7.85. The van der Waals surface area contributed by atoms with Crippen molar-refractivity contribution in [3.05, 3.63) is 29.3 Å². The maximum atomic E-state index is 10.9. The summed E-state index contributed by atoms with van der Waals surface area (Å²) in [7, 11) is -1.19. The Morgan fingerprint density at radius 1 is 1.50 bits per heavy atom. The number of rotatable bonds is 3. The number of carbonyl (C=O) groups is 1. The van der Waals surface area contributed by atoms with E-state index in [0.29, 0.717) is 11.3 Å². The molecule has 0 saturated heterocycles. The molecule has 0 spiro atoms. The molecule has 0 aliphatic carbocycles. The van der Waals surface area contributed by atoms with Crippen LogP contribution >= 0.6 is 0 Å². The molecular formula is C9H11NO3S. The fourth-order valence-electron chi connectivity index (χ4n) is 1.13. The van der Waals surface area contributed by atoms with E-state index in [1.807, 2.05) is 0 Å². The molecule has 2 N–H and O–H groups in total. The van der Waals surface area contributed by atoms with E-state index in [4.69, 9.17) is 5.11 Å². The minimum absolute atomic E-state index is 0.223. The van der Waals surface area contributed by atoms with E-state index in [1.165, 1.54) is 12.3 Å². The van der Waals surface area contributed by atoms with E-state index in [0.717, 1.165) is 0 Å². The molecule has 0 aromatic heterocycles. The standard InChI is InChI=1S/C9H11NO3S/c1-6-7(9(11)12)4-3-5-8(6)10-14(2)13/h3-5,10H,1-2H3,(H,11,12). The number of hydrogen-bond acceptors (Lipinski definition) is 2. The van der Waals surface area contributed by atoms with Crippen molar-refractivity contribution in [1.29, 1.82) is 0 Å². The number of carboxylic acid groups (broad SMARTS) is 1. The number of nitrogens with one attached hydrogen (secondary N) is 1. The number of aromatic carboxylic acids is 1. The average Bonchev–Trinajstić information content (AvgIpc) is 2.07. The molecule has 0 bridgehead atoms. The first-order valence-electron chi connectivity index (χ1n) is 3.95. The Morgan fingerprint density at radius 2 is 2.14 bits per heavy atom. The van der Waals surface area contributed by atoms with Crippen molar-refractivity contribution in [3.8, 4) is 0 Å². The first-order chi connectivity index (χ1) is 6.52. The van der Waals surface area contributed by atoms with Crippen molar-refractivity contribution in [1.82, 2.24) is 0 Å². The van der Waals surface area contributed by atoms with Gasteiger partial charge in [-0.05, 0) is 24.6 Å². The second kappa shape index (κ2) is 4.23. The second-order valence-corrected chi connectivity index (χ2v) is 3.95. The van der Waals surface area contributed by atoms with Crippen molar-refractivity contribution >= 4 is 22.6 Å². The van der Waals surface area contributed by atoms with Crippen LogP contribution in [0.4, 0.5) is 5.69 Å². The van der Waals surface area contributed by atoms with Crippen LogP contribution in [-0.2, 0) is 11.0 Å². The average molecular weight is 213 g/mol. The Morgan fingerprint density at radius 3 is 2.64 bits per heavy atom. The van der Waals surface area contributed by atoms with Crippen LogP contribution in [-0.4, -0.2) is 21.5 Å². The quantitative estimate of drug-likeness (QED) is 0.797. The van der Waals surface area contributed by atoms with Crippen LogP contribution in [0.5, 0.6) is 0 Å². The van der Waals surface area contributed by atoms with Gasteiger partial charge in [-0.25, -0.2) is 9.00 Å². The molecule has 5 heteroatoms. The second-order valence-electron chi connectivity index (χ2n) is 2.84. The molecule has 0 radical (unpaired) electrons. The van der Waals surface area contributed by atoms with Crippen LogP contribution in [0.25, 0.3) is 0 Å². The Bertz CT molecular complexity index is 390. The number of carboxylic acids is 1. The van der Waals surface area contributed by atoms with E-state index in [-0.39, 0.29) is 5.56 Å². The summed E-state index contributed by atoms with van der Waals surface area (Å²) in [5.74, 6) is -0.979. The van der Waals surface area contributed by atoms with Crippen LogP contribution < -0.4 is 4.72 Å². The zero-order valence-corrected chi connectivity index (χ0v) is 8.72. The molecule has 0 fully saturated rings. The molecule has 1 unspecified atom stereocenters. The Labute approximate surface area is 84.5 Å².